The number of halogens is 2. The van der Waals surface area contributed by atoms with Crippen LogP contribution in [-0.2, 0) is 14.4 Å². The maximum absolute atomic E-state index is 12.6. The van der Waals surface area contributed by atoms with Crippen molar-refractivity contribution in [3.8, 4) is 0 Å². The van der Waals surface area contributed by atoms with Crippen LogP contribution < -0.4 is 16.0 Å². The third-order valence-corrected chi connectivity index (χ3v) is 5.37. The normalized spacial score (nSPS) is 14.1. The van der Waals surface area contributed by atoms with E-state index in [1.807, 2.05) is 45.2 Å². The quantitative estimate of drug-likeness (QED) is 0.134. The minimum atomic E-state index is -0.761. The Morgan fingerprint density at radius 1 is 1.11 bits per heavy atom. The lowest BCUT2D eigenvalue weighted by atomic mass is 9.93. The first-order valence-corrected chi connectivity index (χ1v) is 10.5. The molecule has 0 saturated heterocycles. The minimum Gasteiger partial charge on any atom is -0.395 e. The SMILES string of the molecule is C=C(C)C(=O)N/C(=C\I)C(I)C(C(=O)NCCO)/C(C)=C/C(=O)NCCO. The van der Waals surface area contributed by atoms with Gasteiger partial charge in [0.05, 0.1) is 23.1 Å². The molecule has 0 fully saturated rings. The summed E-state index contributed by atoms with van der Waals surface area (Å²) in [5.41, 5.74) is 1.30. The van der Waals surface area contributed by atoms with Crippen LogP contribution in [0.1, 0.15) is 13.8 Å². The van der Waals surface area contributed by atoms with Gasteiger partial charge in [-0.3, -0.25) is 14.4 Å². The monoisotopic (exact) mass is 605 g/mol. The molecule has 0 radical (unpaired) electrons. The van der Waals surface area contributed by atoms with Crippen molar-refractivity contribution in [3.63, 3.8) is 0 Å². The molecule has 8 nitrogen and oxygen atoms in total. The fourth-order valence-electron chi connectivity index (χ4n) is 1.96. The second-order valence-electron chi connectivity index (χ2n) is 5.60. The Morgan fingerprint density at radius 3 is 2.15 bits per heavy atom. The first kappa shape index (κ1) is 26.0. The van der Waals surface area contributed by atoms with E-state index in [0.29, 0.717) is 16.8 Å². The van der Waals surface area contributed by atoms with E-state index < -0.39 is 15.7 Å². The van der Waals surface area contributed by atoms with Crippen molar-refractivity contribution >= 4 is 62.9 Å². The van der Waals surface area contributed by atoms with Crippen molar-refractivity contribution in [2.24, 2.45) is 5.92 Å². The zero-order valence-corrected chi connectivity index (χ0v) is 19.5. The van der Waals surface area contributed by atoms with Crippen LogP contribution in [0.5, 0.6) is 0 Å². The van der Waals surface area contributed by atoms with Gasteiger partial charge >= 0.3 is 0 Å². The van der Waals surface area contributed by atoms with E-state index in [4.69, 9.17) is 10.2 Å². The molecule has 0 saturated carbocycles. The van der Waals surface area contributed by atoms with Gasteiger partial charge in [-0.05, 0) is 17.9 Å². The molecule has 0 aromatic heterocycles. The zero-order chi connectivity index (χ0) is 21.0. The van der Waals surface area contributed by atoms with E-state index in [9.17, 15) is 14.4 Å². The Morgan fingerprint density at radius 2 is 1.67 bits per heavy atom. The molecule has 0 aliphatic carbocycles. The van der Waals surface area contributed by atoms with E-state index in [1.54, 1.807) is 17.9 Å². The lowest BCUT2D eigenvalue weighted by molar-refractivity contribution is -0.124. The largest absolute Gasteiger partial charge is 0.395 e. The van der Waals surface area contributed by atoms with Gasteiger partial charge in [0.25, 0.3) is 0 Å². The number of alkyl halides is 1. The predicted molar refractivity (Wildman–Crippen MR) is 120 cm³/mol. The number of rotatable bonds is 11. The minimum absolute atomic E-state index is 0.0735. The highest BCUT2D eigenvalue weighted by Crippen LogP contribution is 2.28. The number of amides is 3. The summed E-state index contributed by atoms with van der Waals surface area (Å²) >= 11 is 3.99. The average molecular weight is 605 g/mol. The Bertz CT molecular complexity index is 620. The summed E-state index contributed by atoms with van der Waals surface area (Å²) in [6.07, 6.45) is 1.29. The lowest BCUT2D eigenvalue weighted by Gasteiger charge is -2.25. The Hall–Kier alpha value is -0.990. The molecule has 152 valence electrons. The second-order valence-corrected chi connectivity index (χ2v) is 7.56. The smallest absolute Gasteiger partial charge is 0.250 e. The van der Waals surface area contributed by atoms with Gasteiger partial charge in [-0.2, -0.15) is 0 Å². The molecule has 0 aliphatic heterocycles. The summed E-state index contributed by atoms with van der Waals surface area (Å²) in [5, 5.41) is 25.5. The van der Waals surface area contributed by atoms with Crippen LogP contribution in [0.2, 0.25) is 0 Å². The summed E-state index contributed by atoms with van der Waals surface area (Å²) in [4.78, 5) is 36.5. The molecule has 27 heavy (non-hydrogen) atoms. The van der Waals surface area contributed by atoms with Gasteiger partial charge in [0.2, 0.25) is 17.7 Å². The van der Waals surface area contributed by atoms with Gasteiger partial charge < -0.3 is 26.2 Å². The molecule has 2 unspecified atom stereocenters. The van der Waals surface area contributed by atoms with Crippen LogP contribution in [0.25, 0.3) is 0 Å². The van der Waals surface area contributed by atoms with Crippen LogP contribution in [0.3, 0.4) is 0 Å². The average Bonchev–Trinajstić information content (AvgIpc) is 2.62. The Balaban J connectivity index is 5.65. The third kappa shape index (κ3) is 9.67. The van der Waals surface area contributed by atoms with Crippen molar-refractivity contribution in [3.05, 3.63) is 33.6 Å². The van der Waals surface area contributed by atoms with Crippen molar-refractivity contribution in [2.75, 3.05) is 26.3 Å². The van der Waals surface area contributed by atoms with Crippen LogP contribution >= 0.6 is 45.2 Å². The van der Waals surface area contributed by atoms with E-state index in [2.05, 4.69) is 22.5 Å². The maximum atomic E-state index is 12.6. The highest BCUT2D eigenvalue weighted by Gasteiger charge is 2.31. The van der Waals surface area contributed by atoms with E-state index in [0.717, 1.165) is 0 Å². The number of allylic oxidation sites excluding steroid dienone is 1. The van der Waals surface area contributed by atoms with Crippen LogP contribution in [0.15, 0.2) is 33.6 Å². The summed E-state index contributed by atoms with van der Waals surface area (Å²) in [7, 11) is 0. The standard InChI is InChI=1S/C17H25I2N3O5/c1-10(2)16(26)22-12(9-18)15(19)14(17(27)21-5-7-24)11(3)8-13(25)20-4-6-23/h8-9,14-15,23-24H,1,4-7H2,2-3H3,(H,20,25)(H,21,27)(H,22,26)/b11-8+,12-9-. The van der Waals surface area contributed by atoms with E-state index in [1.165, 1.54) is 6.08 Å². The number of nitrogens with one attached hydrogen (secondary N) is 3. The van der Waals surface area contributed by atoms with Crippen LogP contribution in [0, 0.1) is 5.92 Å². The highest BCUT2D eigenvalue weighted by atomic mass is 127. The molecule has 0 bridgehead atoms. The van der Waals surface area contributed by atoms with Gasteiger partial charge in [-0.25, -0.2) is 0 Å². The molecule has 10 heteroatoms. The van der Waals surface area contributed by atoms with Crippen LogP contribution in [-0.4, -0.2) is 58.2 Å². The Labute approximate surface area is 186 Å². The molecule has 2 atom stereocenters. The zero-order valence-electron chi connectivity index (χ0n) is 15.2. The van der Waals surface area contributed by atoms with Gasteiger partial charge in [0.1, 0.15) is 0 Å². The van der Waals surface area contributed by atoms with Crippen molar-refractivity contribution in [1.29, 1.82) is 0 Å². The second kappa shape index (κ2) is 14.1. The van der Waals surface area contributed by atoms with Gasteiger partial charge in [-0.15, -0.1) is 0 Å². The number of aliphatic hydroxyl groups is 2. The first-order valence-electron chi connectivity index (χ1n) is 8.06. The third-order valence-electron chi connectivity index (χ3n) is 3.31. The predicted octanol–water partition coefficient (Wildman–Crippen LogP) is 0.538. The topological polar surface area (TPSA) is 128 Å². The van der Waals surface area contributed by atoms with Gasteiger partial charge in [0.15, 0.2) is 0 Å². The van der Waals surface area contributed by atoms with Crippen molar-refractivity contribution < 1.29 is 24.6 Å². The number of carbonyl (C=O) groups excluding carboxylic acids is 3. The Kier molecular flexibility index (Phi) is 13.6. The fraction of sp³-hybridized carbons (Fsp3) is 0.471. The molecule has 5 N–H and O–H groups in total. The van der Waals surface area contributed by atoms with Crippen molar-refractivity contribution in [2.45, 2.75) is 17.8 Å². The molecule has 0 aromatic carbocycles. The van der Waals surface area contributed by atoms with E-state index in [-0.39, 0.29) is 38.1 Å². The first-order chi connectivity index (χ1) is 12.7. The molecule has 0 aliphatic rings. The molecule has 0 rings (SSSR count). The summed E-state index contributed by atoms with van der Waals surface area (Å²) in [5.74, 6) is -1.94. The summed E-state index contributed by atoms with van der Waals surface area (Å²) in [6.45, 7) is 6.57. The van der Waals surface area contributed by atoms with Crippen molar-refractivity contribution in [1.82, 2.24) is 16.0 Å². The lowest BCUT2D eigenvalue weighted by Crippen LogP contribution is -2.41. The fourth-order valence-corrected chi connectivity index (χ4v) is 4.42. The molecule has 0 spiro atoms. The molecule has 3 amide bonds. The number of hydrogen-bond donors (Lipinski definition) is 5. The molecular formula is C17H25I2N3O5. The van der Waals surface area contributed by atoms with Crippen LogP contribution in [0.4, 0.5) is 0 Å². The number of hydrogen-bond acceptors (Lipinski definition) is 5. The number of carbonyl (C=O) groups is 3. The maximum Gasteiger partial charge on any atom is 0.250 e. The summed E-state index contributed by atoms with van der Waals surface area (Å²) < 4.78 is 1.17. The molecular weight excluding hydrogens is 580 g/mol. The highest BCUT2D eigenvalue weighted by molar-refractivity contribution is 14.1. The summed E-state index contributed by atoms with van der Waals surface area (Å²) in [6, 6.07) is 0. The number of aliphatic hydroxyl groups excluding tert-OH is 2. The van der Waals surface area contributed by atoms with E-state index >= 15 is 0 Å². The van der Waals surface area contributed by atoms with Gasteiger partial charge in [-0.1, -0.05) is 57.3 Å². The molecule has 0 heterocycles. The molecule has 0 aromatic rings. The van der Waals surface area contributed by atoms with Gasteiger partial charge in [0, 0.05) is 30.4 Å².